The molecule has 1 aliphatic rings. The molecule has 0 unspecified atom stereocenters. The van der Waals surface area contributed by atoms with Crippen LogP contribution in [0.15, 0.2) is 24.3 Å². The van der Waals surface area contributed by atoms with Crippen molar-refractivity contribution in [2.45, 2.75) is 46.0 Å². The molecule has 1 N–H and O–H groups in total. The van der Waals surface area contributed by atoms with E-state index in [9.17, 15) is 9.90 Å². The monoisotopic (exact) mass is 303 g/mol. The van der Waals surface area contributed by atoms with Gasteiger partial charge in [-0.15, -0.1) is 0 Å². The van der Waals surface area contributed by atoms with Crippen LogP contribution in [0.25, 0.3) is 0 Å². The van der Waals surface area contributed by atoms with E-state index in [2.05, 4.69) is 24.8 Å². The van der Waals surface area contributed by atoms with Gasteiger partial charge in [0.2, 0.25) is 0 Å². The van der Waals surface area contributed by atoms with E-state index in [0.717, 1.165) is 26.1 Å². The van der Waals surface area contributed by atoms with Crippen molar-refractivity contribution in [3.8, 4) is 5.75 Å². The maximum Gasteiger partial charge on any atom is 0.136 e. The molecule has 1 aliphatic heterocycles. The van der Waals surface area contributed by atoms with Gasteiger partial charge in [-0.1, -0.05) is 39.8 Å². The van der Waals surface area contributed by atoms with Crippen molar-refractivity contribution in [1.82, 2.24) is 4.90 Å². The molecule has 2 atom stereocenters. The summed E-state index contributed by atoms with van der Waals surface area (Å²) in [6, 6.07) is 7.67. The Balaban J connectivity index is 1.99. The van der Waals surface area contributed by atoms with Gasteiger partial charge in [0.25, 0.3) is 0 Å². The lowest BCUT2D eigenvalue weighted by Crippen LogP contribution is -2.47. The number of ketones is 1. The van der Waals surface area contributed by atoms with Crippen LogP contribution in [-0.2, 0) is 10.2 Å². The molecule has 0 bridgehead atoms. The summed E-state index contributed by atoms with van der Waals surface area (Å²) >= 11 is 0. The van der Waals surface area contributed by atoms with Crippen LogP contribution < -0.4 is 0 Å². The highest BCUT2D eigenvalue weighted by Gasteiger charge is 2.38. The molecule has 0 spiro atoms. The van der Waals surface area contributed by atoms with E-state index in [1.807, 2.05) is 26.0 Å². The van der Waals surface area contributed by atoms with Gasteiger partial charge < -0.3 is 10.0 Å². The van der Waals surface area contributed by atoms with Crippen LogP contribution in [0, 0.1) is 11.8 Å². The summed E-state index contributed by atoms with van der Waals surface area (Å²) in [4.78, 5) is 14.2. The summed E-state index contributed by atoms with van der Waals surface area (Å²) in [5, 5.41) is 9.75. The van der Waals surface area contributed by atoms with Crippen LogP contribution in [0.4, 0.5) is 0 Å². The lowest BCUT2D eigenvalue weighted by Gasteiger charge is -2.45. The second-order valence-corrected chi connectivity index (χ2v) is 7.29. The van der Waals surface area contributed by atoms with Crippen molar-refractivity contribution >= 4 is 5.78 Å². The van der Waals surface area contributed by atoms with Gasteiger partial charge in [0, 0.05) is 25.4 Å². The van der Waals surface area contributed by atoms with Gasteiger partial charge >= 0.3 is 0 Å². The second kappa shape index (κ2) is 6.82. The van der Waals surface area contributed by atoms with E-state index in [-0.39, 0.29) is 11.3 Å². The molecule has 0 saturated carbocycles. The highest BCUT2D eigenvalue weighted by molar-refractivity contribution is 5.80. The van der Waals surface area contributed by atoms with Gasteiger partial charge in [0.15, 0.2) is 0 Å². The van der Waals surface area contributed by atoms with Crippen LogP contribution in [0.2, 0.25) is 0 Å². The number of phenols is 1. The maximum absolute atomic E-state index is 11.8. The first-order chi connectivity index (χ1) is 10.3. The first-order valence-electron chi connectivity index (χ1n) is 8.37. The lowest BCUT2D eigenvalue weighted by molar-refractivity contribution is -0.122. The number of likely N-dealkylation sites (tertiary alicyclic amines) is 1. The molecule has 22 heavy (non-hydrogen) atoms. The minimum absolute atomic E-state index is 0.0945. The van der Waals surface area contributed by atoms with Gasteiger partial charge in [-0.2, -0.15) is 0 Å². The Morgan fingerprint density at radius 3 is 2.77 bits per heavy atom. The predicted octanol–water partition coefficient (Wildman–Crippen LogP) is 3.61. The molecule has 1 aromatic rings. The lowest BCUT2D eigenvalue weighted by atomic mass is 9.68. The average molecular weight is 303 g/mol. The number of hydrogen-bond acceptors (Lipinski definition) is 3. The minimum Gasteiger partial charge on any atom is -0.508 e. The maximum atomic E-state index is 11.8. The van der Waals surface area contributed by atoms with Crippen molar-refractivity contribution in [2.75, 3.05) is 19.6 Å². The minimum atomic E-state index is 0.0945. The Morgan fingerprint density at radius 1 is 1.45 bits per heavy atom. The Bertz CT molecular complexity index is 526. The molecule has 1 saturated heterocycles. The number of Topliss-reactive ketones (excluding diaryl/α,β-unsaturated/α-hetero) is 1. The van der Waals surface area contributed by atoms with Crippen molar-refractivity contribution in [2.24, 2.45) is 11.8 Å². The molecule has 3 nitrogen and oxygen atoms in total. The summed E-state index contributed by atoms with van der Waals surface area (Å²) in [7, 11) is 0. The zero-order valence-electron chi connectivity index (χ0n) is 14.3. The molecule has 0 aliphatic carbocycles. The molecule has 0 aromatic heterocycles. The number of nitrogens with zero attached hydrogens (tertiary/aromatic N) is 1. The quantitative estimate of drug-likeness (QED) is 0.903. The van der Waals surface area contributed by atoms with Crippen molar-refractivity contribution in [3.63, 3.8) is 0 Å². The Kier molecular flexibility index (Phi) is 5.28. The van der Waals surface area contributed by atoms with Crippen LogP contribution in [0.1, 0.15) is 46.1 Å². The fraction of sp³-hybridized carbons (Fsp3) is 0.632. The van der Waals surface area contributed by atoms with E-state index in [0.29, 0.717) is 23.9 Å². The smallest absolute Gasteiger partial charge is 0.136 e. The number of benzene rings is 1. The Labute approximate surface area is 134 Å². The largest absolute Gasteiger partial charge is 0.508 e. The molecular formula is C19H29NO2. The normalized spacial score (nSPS) is 26.3. The highest BCUT2D eigenvalue weighted by Crippen LogP contribution is 2.40. The summed E-state index contributed by atoms with van der Waals surface area (Å²) < 4.78 is 0. The zero-order chi connectivity index (χ0) is 16.3. The number of hydrogen-bond donors (Lipinski definition) is 1. The molecule has 0 radical (unpaired) electrons. The third-order valence-corrected chi connectivity index (χ3v) is 5.39. The third kappa shape index (κ3) is 3.70. The first kappa shape index (κ1) is 17.0. The second-order valence-electron chi connectivity index (χ2n) is 7.29. The fourth-order valence-corrected chi connectivity index (χ4v) is 3.37. The molecule has 122 valence electrons. The van der Waals surface area contributed by atoms with Crippen LogP contribution in [0.5, 0.6) is 5.75 Å². The molecule has 3 heteroatoms. The topological polar surface area (TPSA) is 40.5 Å². The molecule has 1 aromatic carbocycles. The SMILES string of the molecule is CC(C)C(=O)CCN1CC[C@](C)(c2cccc(O)c2)[C@@H](C)C1. The van der Waals surface area contributed by atoms with Crippen molar-refractivity contribution in [1.29, 1.82) is 0 Å². The molecule has 0 amide bonds. The van der Waals surface area contributed by atoms with Crippen LogP contribution in [0.3, 0.4) is 0 Å². The van der Waals surface area contributed by atoms with Gasteiger partial charge in [0.1, 0.15) is 11.5 Å². The Hall–Kier alpha value is -1.35. The third-order valence-electron chi connectivity index (χ3n) is 5.39. The summed E-state index contributed by atoms with van der Waals surface area (Å²) in [5.74, 6) is 1.34. The van der Waals surface area contributed by atoms with Gasteiger partial charge in [0.05, 0.1) is 0 Å². The van der Waals surface area contributed by atoms with Gasteiger partial charge in [-0.25, -0.2) is 0 Å². The van der Waals surface area contributed by atoms with E-state index < -0.39 is 0 Å². The first-order valence-corrected chi connectivity index (χ1v) is 8.37. The van der Waals surface area contributed by atoms with Crippen LogP contribution >= 0.6 is 0 Å². The zero-order valence-corrected chi connectivity index (χ0v) is 14.3. The highest BCUT2D eigenvalue weighted by atomic mass is 16.3. The van der Waals surface area contributed by atoms with E-state index >= 15 is 0 Å². The van der Waals surface area contributed by atoms with Crippen LogP contribution in [-0.4, -0.2) is 35.4 Å². The van der Waals surface area contributed by atoms with E-state index in [1.54, 1.807) is 6.07 Å². The summed E-state index contributed by atoms with van der Waals surface area (Å²) in [6.45, 7) is 11.4. The summed E-state index contributed by atoms with van der Waals surface area (Å²) in [6.07, 6.45) is 1.72. The number of aromatic hydroxyl groups is 1. The van der Waals surface area contributed by atoms with Gasteiger partial charge in [-0.3, -0.25) is 4.79 Å². The molecular weight excluding hydrogens is 274 g/mol. The van der Waals surface area contributed by atoms with E-state index in [1.165, 1.54) is 5.56 Å². The number of phenolic OH excluding ortho intramolecular Hbond substituents is 1. The number of carbonyl (C=O) groups is 1. The molecule has 2 rings (SSSR count). The predicted molar refractivity (Wildman–Crippen MR) is 90.1 cm³/mol. The Morgan fingerprint density at radius 2 is 2.18 bits per heavy atom. The average Bonchev–Trinajstić information content (AvgIpc) is 2.48. The summed E-state index contributed by atoms with van der Waals surface area (Å²) in [5.41, 5.74) is 1.31. The standard InChI is InChI=1S/C19H29NO2/c1-14(2)18(22)8-10-20-11-9-19(4,15(3)13-20)16-6-5-7-17(21)12-16/h5-7,12,14-15,21H,8-11,13H2,1-4H3/t15-,19-/m0/s1. The molecule has 1 fully saturated rings. The molecule has 1 heterocycles. The number of rotatable bonds is 5. The van der Waals surface area contributed by atoms with E-state index in [4.69, 9.17) is 0 Å². The number of carbonyl (C=O) groups excluding carboxylic acids is 1. The van der Waals surface area contributed by atoms with Gasteiger partial charge in [-0.05, 0) is 42.0 Å². The van der Waals surface area contributed by atoms with Crippen molar-refractivity contribution < 1.29 is 9.90 Å². The fourth-order valence-electron chi connectivity index (χ4n) is 3.37. The number of piperidine rings is 1. The van der Waals surface area contributed by atoms with Crippen molar-refractivity contribution in [3.05, 3.63) is 29.8 Å².